The molecule has 5 heteroatoms. The fourth-order valence-corrected chi connectivity index (χ4v) is 2.58. The Morgan fingerprint density at radius 1 is 1.41 bits per heavy atom. The Labute approximate surface area is 106 Å². The molecule has 0 unspecified atom stereocenters. The lowest BCUT2D eigenvalue weighted by atomic mass is 9.97. The summed E-state index contributed by atoms with van der Waals surface area (Å²) < 4.78 is 5.03. The molecule has 0 saturated carbocycles. The number of piperidine rings is 1. The molecule has 1 aliphatic rings. The van der Waals surface area contributed by atoms with E-state index in [9.17, 15) is 4.79 Å². The molecular formula is C12H17ClN2O2. The first-order valence-electron chi connectivity index (χ1n) is 5.96. The Bertz CT molecular complexity index is 420. The van der Waals surface area contributed by atoms with Crippen molar-refractivity contribution in [3.63, 3.8) is 0 Å². The maximum atomic E-state index is 12.4. The van der Waals surface area contributed by atoms with Crippen molar-refractivity contribution in [1.82, 2.24) is 10.1 Å². The molecule has 0 radical (unpaired) electrons. The van der Waals surface area contributed by atoms with Crippen LogP contribution >= 0.6 is 11.6 Å². The molecule has 0 bridgehead atoms. The molecule has 2 atom stereocenters. The van der Waals surface area contributed by atoms with Crippen molar-refractivity contribution in [2.24, 2.45) is 0 Å². The number of aromatic nitrogens is 1. The van der Waals surface area contributed by atoms with Gasteiger partial charge < -0.3 is 9.42 Å². The van der Waals surface area contributed by atoms with E-state index in [1.807, 2.05) is 4.90 Å². The topological polar surface area (TPSA) is 46.3 Å². The predicted molar refractivity (Wildman–Crippen MR) is 65.2 cm³/mol. The minimum Gasteiger partial charge on any atom is -0.349 e. The zero-order valence-corrected chi connectivity index (χ0v) is 11.1. The van der Waals surface area contributed by atoms with Crippen molar-refractivity contribution in [3.8, 4) is 0 Å². The molecule has 2 heterocycles. The molecule has 1 amide bonds. The highest BCUT2D eigenvalue weighted by Crippen LogP contribution is 2.28. The Morgan fingerprint density at radius 2 is 2.00 bits per heavy atom. The van der Waals surface area contributed by atoms with Gasteiger partial charge in [-0.2, -0.15) is 0 Å². The maximum absolute atomic E-state index is 12.4. The van der Waals surface area contributed by atoms with Crippen molar-refractivity contribution in [2.45, 2.75) is 52.1 Å². The highest BCUT2D eigenvalue weighted by molar-refractivity contribution is 6.33. The molecule has 17 heavy (non-hydrogen) atoms. The summed E-state index contributed by atoms with van der Waals surface area (Å²) in [7, 11) is 0. The summed E-state index contributed by atoms with van der Waals surface area (Å²) in [5, 5.41) is 4.06. The van der Waals surface area contributed by atoms with Gasteiger partial charge in [0.15, 0.2) is 0 Å². The number of hydrogen-bond acceptors (Lipinski definition) is 3. The van der Waals surface area contributed by atoms with Gasteiger partial charge in [-0.15, -0.1) is 0 Å². The molecule has 1 fully saturated rings. The van der Waals surface area contributed by atoms with Gasteiger partial charge in [0.05, 0.1) is 5.69 Å². The highest BCUT2D eigenvalue weighted by atomic mass is 35.5. The van der Waals surface area contributed by atoms with Crippen LogP contribution in [0.2, 0.25) is 5.02 Å². The zero-order chi connectivity index (χ0) is 12.6. The Hall–Kier alpha value is -1.03. The number of halogens is 1. The van der Waals surface area contributed by atoms with E-state index >= 15 is 0 Å². The van der Waals surface area contributed by atoms with Gasteiger partial charge in [0, 0.05) is 12.1 Å². The van der Waals surface area contributed by atoms with E-state index in [2.05, 4.69) is 19.0 Å². The Kier molecular flexibility index (Phi) is 3.43. The number of aryl methyl sites for hydroxylation is 1. The molecule has 1 aromatic heterocycles. The van der Waals surface area contributed by atoms with Crippen LogP contribution in [0.4, 0.5) is 0 Å². The van der Waals surface area contributed by atoms with E-state index in [1.54, 1.807) is 6.92 Å². The summed E-state index contributed by atoms with van der Waals surface area (Å²) in [4.78, 5) is 14.2. The molecule has 0 N–H and O–H groups in total. The molecule has 0 aliphatic carbocycles. The third-order valence-electron chi connectivity index (χ3n) is 3.41. The average molecular weight is 257 g/mol. The van der Waals surface area contributed by atoms with Crippen LogP contribution < -0.4 is 0 Å². The summed E-state index contributed by atoms with van der Waals surface area (Å²) in [6.07, 6.45) is 3.22. The summed E-state index contributed by atoms with van der Waals surface area (Å²) >= 11 is 6.01. The van der Waals surface area contributed by atoms with Gasteiger partial charge >= 0.3 is 0 Å². The fraction of sp³-hybridized carbons (Fsp3) is 0.667. The van der Waals surface area contributed by atoms with Crippen LogP contribution in [0.3, 0.4) is 0 Å². The van der Waals surface area contributed by atoms with E-state index < -0.39 is 0 Å². The Morgan fingerprint density at radius 3 is 2.47 bits per heavy atom. The van der Waals surface area contributed by atoms with E-state index in [-0.39, 0.29) is 23.8 Å². The third-order valence-corrected chi connectivity index (χ3v) is 3.86. The van der Waals surface area contributed by atoms with E-state index in [4.69, 9.17) is 16.1 Å². The third kappa shape index (κ3) is 2.18. The quantitative estimate of drug-likeness (QED) is 0.776. The minimum absolute atomic E-state index is 0.143. The van der Waals surface area contributed by atoms with Crippen LogP contribution in [-0.2, 0) is 0 Å². The monoisotopic (exact) mass is 256 g/mol. The molecular weight excluding hydrogens is 240 g/mol. The second-order valence-electron chi connectivity index (χ2n) is 4.75. The SMILES string of the molecule is Cc1noc(C(=O)N2[C@H](C)CCC[C@@H]2C)c1Cl. The van der Waals surface area contributed by atoms with Crippen molar-refractivity contribution < 1.29 is 9.32 Å². The number of likely N-dealkylation sites (tertiary alicyclic amines) is 1. The summed E-state index contributed by atoms with van der Waals surface area (Å²) in [5.41, 5.74) is 0.562. The van der Waals surface area contributed by atoms with Crippen LogP contribution in [0.15, 0.2) is 4.52 Å². The second kappa shape index (κ2) is 4.69. The van der Waals surface area contributed by atoms with Crippen LogP contribution in [-0.4, -0.2) is 28.0 Å². The van der Waals surface area contributed by atoms with Crippen LogP contribution in [0.5, 0.6) is 0 Å². The molecule has 0 spiro atoms. The minimum atomic E-state index is -0.143. The fourth-order valence-electron chi connectivity index (χ4n) is 2.43. The molecule has 1 aromatic rings. The highest BCUT2D eigenvalue weighted by Gasteiger charge is 2.33. The number of carbonyl (C=O) groups is 1. The van der Waals surface area contributed by atoms with Crippen molar-refractivity contribution >= 4 is 17.5 Å². The van der Waals surface area contributed by atoms with Gasteiger partial charge in [-0.3, -0.25) is 4.79 Å². The van der Waals surface area contributed by atoms with Crippen molar-refractivity contribution in [1.29, 1.82) is 0 Å². The number of hydrogen-bond donors (Lipinski definition) is 0. The van der Waals surface area contributed by atoms with Crippen LogP contribution in [0.25, 0.3) is 0 Å². The summed E-state index contributed by atoms with van der Waals surface area (Å²) in [6, 6.07) is 0.459. The van der Waals surface area contributed by atoms with Crippen molar-refractivity contribution in [2.75, 3.05) is 0 Å². The first kappa shape index (κ1) is 12.4. The molecule has 1 aliphatic heterocycles. The first-order chi connectivity index (χ1) is 8.02. The first-order valence-corrected chi connectivity index (χ1v) is 6.34. The van der Waals surface area contributed by atoms with Crippen molar-refractivity contribution in [3.05, 3.63) is 16.5 Å². The molecule has 4 nitrogen and oxygen atoms in total. The summed E-state index contributed by atoms with van der Waals surface area (Å²) in [6.45, 7) is 5.85. The van der Waals surface area contributed by atoms with Crippen LogP contribution in [0, 0.1) is 6.92 Å². The number of rotatable bonds is 1. The van der Waals surface area contributed by atoms with Gasteiger partial charge in [-0.05, 0) is 40.0 Å². The lowest BCUT2D eigenvalue weighted by Gasteiger charge is -2.38. The molecule has 2 rings (SSSR count). The van der Waals surface area contributed by atoms with E-state index in [0.717, 1.165) is 19.3 Å². The standard InChI is InChI=1S/C12H17ClN2O2/c1-7-5-4-6-8(2)15(7)12(16)11-10(13)9(3)14-17-11/h7-8H,4-6H2,1-3H3/t7-,8+. The molecule has 94 valence electrons. The Balaban J connectivity index is 2.27. The summed E-state index contributed by atoms with van der Waals surface area (Å²) in [5.74, 6) is 0.0278. The van der Waals surface area contributed by atoms with Crippen LogP contribution in [0.1, 0.15) is 49.4 Å². The van der Waals surface area contributed by atoms with Gasteiger partial charge in [-0.1, -0.05) is 16.8 Å². The number of carbonyl (C=O) groups excluding carboxylic acids is 1. The number of amides is 1. The van der Waals surface area contributed by atoms with E-state index in [1.165, 1.54) is 0 Å². The normalized spacial score (nSPS) is 25.1. The van der Waals surface area contributed by atoms with Gasteiger partial charge in [0.2, 0.25) is 5.76 Å². The molecule has 0 aromatic carbocycles. The largest absolute Gasteiger partial charge is 0.349 e. The van der Waals surface area contributed by atoms with Gasteiger partial charge in [0.25, 0.3) is 5.91 Å². The number of nitrogens with zero attached hydrogens (tertiary/aromatic N) is 2. The maximum Gasteiger partial charge on any atom is 0.294 e. The van der Waals surface area contributed by atoms with Gasteiger partial charge in [0.1, 0.15) is 5.02 Å². The van der Waals surface area contributed by atoms with Gasteiger partial charge in [-0.25, -0.2) is 0 Å². The lowest BCUT2D eigenvalue weighted by molar-refractivity contribution is 0.0469. The lowest BCUT2D eigenvalue weighted by Crippen LogP contribution is -2.47. The average Bonchev–Trinajstić information content (AvgIpc) is 2.59. The molecule has 1 saturated heterocycles. The smallest absolute Gasteiger partial charge is 0.294 e. The van der Waals surface area contributed by atoms with E-state index in [0.29, 0.717) is 10.7 Å². The predicted octanol–water partition coefficient (Wildman–Crippen LogP) is 3.04. The second-order valence-corrected chi connectivity index (χ2v) is 5.13. The zero-order valence-electron chi connectivity index (χ0n) is 10.4.